The molecule has 4 nitrogen and oxygen atoms in total. The lowest BCUT2D eigenvalue weighted by molar-refractivity contribution is -0.115. The van der Waals surface area contributed by atoms with Crippen LogP contribution in [0.15, 0.2) is 24.8 Å². The fourth-order valence-corrected chi connectivity index (χ4v) is 0.513. The normalized spacial score (nSPS) is 8.07. The van der Waals surface area contributed by atoms with Crippen LogP contribution in [0.5, 0.6) is 0 Å². The van der Waals surface area contributed by atoms with Crippen molar-refractivity contribution >= 4 is 11.8 Å². The average Bonchev–Trinajstić information content (AvgIpc) is 2.14. The maximum Gasteiger partial charge on any atom is 0.244 e. The van der Waals surface area contributed by atoms with E-state index in [0.717, 1.165) is 25.3 Å². The van der Waals surface area contributed by atoms with Crippen molar-refractivity contribution in [2.45, 2.75) is 26.2 Å². The first-order chi connectivity index (χ1) is 6.45. The minimum Gasteiger partial charge on any atom is -0.366 e. The minimum absolute atomic E-state index is 0.372. The Labute approximate surface area is 84.7 Å². The van der Waals surface area contributed by atoms with E-state index in [0.29, 0.717) is 5.57 Å². The number of hydrogen-bond acceptors (Lipinski definition) is 2. The molecule has 0 bridgehead atoms. The predicted molar refractivity (Wildman–Crippen MR) is 57.3 cm³/mol. The molecule has 4 heteroatoms. The molecule has 0 aliphatic carbocycles. The lowest BCUT2D eigenvalue weighted by Gasteiger charge is -1.96. The summed E-state index contributed by atoms with van der Waals surface area (Å²) in [7, 11) is 0. The molecular weight excluding hydrogens is 180 g/mol. The largest absolute Gasteiger partial charge is 0.366 e. The third kappa shape index (κ3) is 13.0. The second kappa shape index (κ2) is 9.51. The first-order valence-corrected chi connectivity index (χ1v) is 4.35. The molecule has 0 fully saturated rings. The molecule has 4 N–H and O–H groups in total. The summed E-state index contributed by atoms with van der Waals surface area (Å²) in [5.41, 5.74) is 10.0. The molecule has 0 atom stereocenters. The first kappa shape index (κ1) is 14.9. The highest BCUT2D eigenvalue weighted by Gasteiger charge is 1.98. The summed E-state index contributed by atoms with van der Waals surface area (Å²) >= 11 is 0. The Balaban J connectivity index is 0. The monoisotopic (exact) mass is 198 g/mol. The van der Waals surface area contributed by atoms with Crippen molar-refractivity contribution in [1.82, 2.24) is 0 Å². The first-order valence-electron chi connectivity index (χ1n) is 4.35. The summed E-state index contributed by atoms with van der Waals surface area (Å²) in [6.07, 6.45) is 3.87. The van der Waals surface area contributed by atoms with Gasteiger partial charge in [-0.1, -0.05) is 26.5 Å². The van der Waals surface area contributed by atoms with Crippen LogP contribution in [0.4, 0.5) is 0 Å². The van der Waals surface area contributed by atoms with Crippen molar-refractivity contribution in [3.63, 3.8) is 0 Å². The Hall–Kier alpha value is -1.58. The van der Waals surface area contributed by atoms with E-state index in [1.165, 1.54) is 0 Å². The van der Waals surface area contributed by atoms with Gasteiger partial charge < -0.3 is 11.5 Å². The van der Waals surface area contributed by atoms with Gasteiger partial charge in [-0.15, -0.1) is 0 Å². The molecule has 0 unspecified atom stereocenters. The summed E-state index contributed by atoms with van der Waals surface area (Å²) in [5.74, 6) is -0.853. The van der Waals surface area contributed by atoms with Gasteiger partial charge in [-0.3, -0.25) is 9.59 Å². The van der Waals surface area contributed by atoms with Gasteiger partial charge in [0, 0.05) is 5.57 Å². The smallest absolute Gasteiger partial charge is 0.244 e. The zero-order chi connectivity index (χ0) is 11.6. The molecule has 0 aromatic heterocycles. The molecule has 0 aliphatic heterocycles. The van der Waals surface area contributed by atoms with E-state index in [1.54, 1.807) is 0 Å². The highest BCUT2D eigenvalue weighted by Crippen LogP contribution is 2.02. The predicted octanol–water partition coefficient (Wildman–Crippen LogP) is 0.876. The summed E-state index contributed by atoms with van der Waals surface area (Å²) in [4.78, 5) is 19.8. The van der Waals surface area contributed by atoms with Crippen LogP contribution in [-0.2, 0) is 9.59 Å². The van der Waals surface area contributed by atoms with Crippen molar-refractivity contribution < 1.29 is 9.59 Å². The third-order valence-corrected chi connectivity index (χ3v) is 1.38. The SMILES string of the molecule is C=C(CCCC)C(N)=O.C=CC(N)=O. The molecule has 2 amide bonds. The highest BCUT2D eigenvalue weighted by atomic mass is 16.1. The van der Waals surface area contributed by atoms with Crippen LogP contribution < -0.4 is 11.5 Å². The van der Waals surface area contributed by atoms with Gasteiger partial charge in [0.2, 0.25) is 11.8 Å². The van der Waals surface area contributed by atoms with E-state index in [-0.39, 0.29) is 5.91 Å². The summed E-state index contributed by atoms with van der Waals surface area (Å²) in [5, 5.41) is 0. The van der Waals surface area contributed by atoms with Crippen LogP contribution in [-0.4, -0.2) is 11.8 Å². The zero-order valence-corrected chi connectivity index (χ0v) is 8.58. The summed E-state index contributed by atoms with van der Waals surface area (Å²) in [6.45, 7) is 8.67. The van der Waals surface area contributed by atoms with Gasteiger partial charge in [0.05, 0.1) is 0 Å². The molecule has 0 aliphatic rings. The van der Waals surface area contributed by atoms with E-state index in [1.807, 2.05) is 0 Å². The van der Waals surface area contributed by atoms with Gasteiger partial charge in [0.15, 0.2) is 0 Å². The Morgan fingerprint density at radius 2 is 1.79 bits per heavy atom. The van der Waals surface area contributed by atoms with Crippen LogP contribution >= 0.6 is 0 Å². The molecule has 0 heterocycles. The number of primary amides is 2. The van der Waals surface area contributed by atoms with Crippen LogP contribution in [0.1, 0.15) is 26.2 Å². The molecule has 80 valence electrons. The van der Waals surface area contributed by atoms with Crippen LogP contribution in [0.25, 0.3) is 0 Å². The molecule has 0 aromatic rings. The Morgan fingerprint density at radius 3 is 2.00 bits per heavy atom. The van der Waals surface area contributed by atoms with Gasteiger partial charge in [0.1, 0.15) is 0 Å². The quantitative estimate of drug-likeness (QED) is 0.642. The lowest BCUT2D eigenvalue weighted by atomic mass is 10.1. The highest BCUT2D eigenvalue weighted by molar-refractivity contribution is 5.91. The molecule has 0 radical (unpaired) electrons. The number of rotatable bonds is 5. The molecular formula is C10H18N2O2. The second-order valence-corrected chi connectivity index (χ2v) is 2.68. The lowest BCUT2D eigenvalue weighted by Crippen LogP contribution is -2.12. The molecule has 0 saturated carbocycles. The maximum absolute atomic E-state index is 10.3. The van der Waals surface area contributed by atoms with Crippen LogP contribution in [0.3, 0.4) is 0 Å². The van der Waals surface area contributed by atoms with Gasteiger partial charge in [-0.25, -0.2) is 0 Å². The number of nitrogens with two attached hydrogens (primary N) is 2. The average molecular weight is 198 g/mol. The Morgan fingerprint density at radius 1 is 1.36 bits per heavy atom. The summed E-state index contributed by atoms with van der Waals surface area (Å²) in [6, 6.07) is 0. The van der Waals surface area contributed by atoms with E-state index in [2.05, 4.69) is 25.8 Å². The number of hydrogen-bond donors (Lipinski definition) is 2. The van der Waals surface area contributed by atoms with Crippen molar-refractivity contribution in [3.05, 3.63) is 24.8 Å². The van der Waals surface area contributed by atoms with Gasteiger partial charge in [-0.05, 0) is 18.9 Å². The minimum atomic E-state index is -0.481. The standard InChI is InChI=1S/C7H13NO.C3H5NO/c1-3-4-5-6(2)7(8)9;1-2-3(4)5/h2-5H2,1H3,(H2,8,9);2H,1H2,(H2,4,5). The topological polar surface area (TPSA) is 86.2 Å². The van der Waals surface area contributed by atoms with E-state index in [4.69, 9.17) is 5.73 Å². The number of carbonyl (C=O) groups is 2. The van der Waals surface area contributed by atoms with Gasteiger partial charge in [-0.2, -0.15) is 0 Å². The Kier molecular flexibility index (Phi) is 10.1. The van der Waals surface area contributed by atoms with Crippen molar-refractivity contribution in [2.75, 3.05) is 0 Å². The maximum atomic E-state index is 10.3. The molecule has 14 heavy (non-hydrogen) atoms. The molecule has 0 aromatic carbocycles. The molecule has 0 spiro atoms. The van der Waals surface area contributed by atoms with Crippen molar-refractivity contribution in [1.29, 1.82) is 0 Å². The number of carbonyl (C=O) groups excluding carboxylic acids is 2. The Bertz CT molecular complexity index is 222. The number of unbranched alkanes of at least 4 members (excludes halogenated alkanes) is 1. The van der Waals surface area contributed by atoms with E-state index >= 15 is 0 Å². The van der Waals surface area contributed by atoms with Crippen molar-refractivity contribution in [2.24, 2.45) is 11.5 Å². The van der Waals surface area contributed by atoms with E-state index in [9.17, 15) is 9.59 Å². The number of amides is 2. The second-order valence-electron chi connectivity index (χ2n) is 2.68. The van der Waals surface area contributed by atoms with Crippen molar-refractivity contribution in [3.8, 4) is 0 Å². The van der Waals surface area contributed by atoms with Gasteiger partial charge in [0.25, 0.3) is 0 Å². The van der Waals surface area contributed by atoms with Crippen LogP contribution in [0.2, 0.25) is 0 Å². The van der Waals surface area contributed by atoms with Crippen LogP contribution in [0, 0.1) is 0 Å². The van der Waals surface area contributed by atoms with Gasteiger partial charge >= 0.3 is 0 Å². The third-order valence-electron chi connectivity index (χ3n) is 1.38. The summed E-state index contributed by atoms with van der Waals surface area (Å²) < 4.78 is 0. The molecule has 0 rings (SSSR count). The molecule has 0 saturated heterocycles. The van der Waals surface area contributed by atoms with E-state index < -0.39 is 5.91 Å². The fourth-order valence-electron chi connectivity index (χ4n) is 0.513. The zero-order valence-electron chi connectivity index (χ0n) is 8.58. The fraction of sp³-hybridized carbons (Fsp3) is 0.400.